The lowest BCUT2D eigenvalue weighted by atomic mass is 10.1. The van der Waals surface area contributed by atoms with Crippen molar-refractivity contribution in [2.24, 2.45) is 0 Å². The summed E-state index contributed by atoms with van der Waals surface area (Å²) in [5.41, 5.74) is 2.04. The maximum absolute atomic E-state index is 11.4. The number of rotatable bonds is 3. The van der Waals surface area contributed by atoms with Crippen LogP contribution in [0.4, 0.5) is 4.79 Å². The van der Waals surface area contributed by atoms with E-state index in [1.807, 2.05) is 18.2 Å². The first-order chi connectivity index (χ1) is 10.3. The molecule has 0 radical (unpaired) electrons. The molecule has 0 bridgehead atoms. The smallest absolute Gasteiger partial charge is 0.410 e. The Morgan fingerprint density at radius 3 is 3.05 bits per heavy atom. The van der Waals surface area contributed by atoms with E-state index in [1.165, 1.54) is 4.90 Å². The van der Waals surface area contributed by atoms with Gasteiger partial charge in [-0.1, -0.05) is 5.16 Å². The number of nitrogens with zero attached hydrogens (tertiary/aromatic N) is 3. The molecule has 1 amide bonds. The van der Waals surface area contributed by atoms with Gasteiger partial charge in [-0.05, 0) is 23.8 Å². The average Bonchev–Trinajstić information content (AvgIpc) is 3.20. The third kappa shape index (κ3) is 2.20. The Kier molecular flexibility index (Phi) is 2.77. The van der Waals surface area contributed by atoms with Crippen LogP contribution in [0.5, 0.6) is 5.75 Å². The summed E-state index contributed by atoms with van der Waals surface area (Å²) in [6.07, 6.45) is 0.553. The monoisotopic (exact) mass is 287 g/mol. The minimum atomic E-state index is -0.343. The molecule has 2 aliphatic heterocycles. The predicted molar refractivity (Wildman–Crippen MR) is 70.7 cm³/mol. The minimum absolute atomic E-state index is 0.278. The summed E-state index contributed by atoms with van der Waals surface area (Å²) >= 11 is 0. The lowest BCUT2D eigenvalue weighted by Gasteiger charge is -2.07. The van der Waals surface area contributed by atoms with Gasteiger partial charge >= 0.3 is 6.09 Å². The van der Waals surface area contributed by atoms with Gasteiger partial charge in [0.15, 0.2) is 0 Å². The van der Waals surface area contributed by atoms with Crippen LogP contribution in [0.2, 0.25) is 0 Å². The summed E-state index contributed by atoms with van der Waals surface area (Å²) in [7, 11) is 0. The molecule has 0 spiro atoms. The molecule has 1 fully saturated rings. The number of carbonyl (C=O) groups excluding carboxylic acids is 1. The van der Waals surface area contributed by atoms with Crippen molar-refractivity contribution in [2.45, 2.75) is 13.0 Å². The molecule has 1 aromatic heterocycles. The summed E-state index contributed by atoms with van der Waals surface area (Å²) in [4.78, 5) is 17.3. The number of cyclic esters (lactones) is 1. The largest absolute Gasteiger partial charge is 0.493 e. The highest BCUT2D eigenvalue weighted by atomic mass is 16.6. The third-order valence-electron chi connectivity index (χ3n) is 3.59. The SMILES string of the molecule is O=C1OCCN1Cc1nc(-c2ccc3c(c2)CCO3)no1. The second-order valence-electron chi connectivity index (χ2n) is 4.97. The lowest BCUT2D eigenvalue weighted by Crippen LogP contribution is -2.23. The van der Waals surface area contributed by atoms with Crippen molar-refractivity contribution in [3.05, 3.63) is 29.7 Å². The number of aromatic nitrogens is 2. The molecule has 0 unspecified atom stereocenters. The molecule has 2 aliphatic rings. The van der Waals surface area contributed by atoms with Crippen LogP contribution in [0.25, 0.3) is 11.4 Å². The molecule has 1 aromatic carbocycles. The zero-order valence-corrected chi connectivity index (χ0v) is 11.2. The fourth-order valence-electron chi connectivity index (χ4n) is 2.49. The second kappa shape index (κ2) is 4.76. The van der Waals surface area contributed by atoms with Gasteiger partial charge in [-0.15, -0.1) is 0 Å². The number of fused-ring (bicyclic) bond motifs is 1. The van der Waals surface area contributed by atoms with E-state index in [1.54, 1.807) is 0 Å². The van der Waals surface area contributed by atoms with Gasteiger partial charge < -0.3 is 14.0 Å². The van der Waals surface area contributed by atoms with Gasteiger partial charge in [0.2, 0.25) is 11.7 Å². The topological polar surface area (TPSA) is 77.7 Å². The Morgan fingerprint density at radius 2 is 2.19 bits per heavy atom. The van der Waals surface area contributed by atoms with Gasteiger partial charge in [0.05, 0.1) is 13.2 Å². The van der Waals surface area contributed by atoms with E-state index >= 15 is 0 Å². The molecule has 0 aliphatic carbocycles. The van der Waals surface area contributed by atoms with Crippen LogP contribution in [-0.4, -0.2) is 40.9 Å². The van der Waals surface area contributed by atoms with Gasteiger partial charge in [0, 0.05) is 12.0 Å². The molecule has 2 aromatic rings. The summed E-state index contributed by atoms with van der Waals surface area (Å²) in [5, 5.41) is 3.97. The molecule has 1 saturated heterocycles. The zero-order chi connectivity index (χ0) is 14.2. The lowest BCUT2D eigenvalue weighted by molar-refractivity contribution is 0.154. The van der Waals surface area contributed by atoms with Crippen LogP contribution in [0.1, 0.15) is 11.5 Å². The highest BCUT2D eigenvalue weighted by Crippen LogP contribution is 2.29. The Hall–Kier alpha value is -2.57. The van der Waals surface area contributed by atoms with Gasteiger partial charge in [-0.2, -0.15) is 4.98 Å². The van der Waals surface area contributed by atoms with Crippen LogP contribution in [-0.2, 0) is 17.7 Å². The van der Waals surface area contributed by atoms with Gasteiger partial charge in [-0.3, -0.25) is 4.90 Å². The Morgan fingerprint density at radius 1 is 1.24 bits per heavy atom. The highest BCUT2D eigenvalue weighted by Gasteiger charge is 2.24. The van der Waals surface area contributed by atoms with E-state index in [2.05, 4.69) is 10.1 Å². The maximum atomic E-state index is 11.4. The number of carbonyl (C=O) groups is 1. The third-order valence-corrected chi connectivity index (χ3v) is 3.59. The van der Waals surface area contributed by atoms with E-state index < -0.39 is 0 Å². The molecule has 0 atom stereocenters. The van der Waals surface area contributed by atoms with E-state index in [-0.39, 0.29) is 12.6 Å². The van der Waals surface area contributed by atoms with Crippen molar-refractivity contribution in [3.63, 3.8) is 0 Å². The second-order valence-corrected chi connectivity index (χ2v) is 4.97. The molecular weight excluding hydrogens is 274 g/mol. The first kappa shape index (κ1) is 12.2. The summed E-state index contributed by atoms with van der Waals surface area (Å²) in [6.45, 7) is 1.95. The van der Waals surface area contributed by atoms with Crippen LogP contribution in [0.3, 0.4) is 0 Å². The molecule has 21 heavy (non-hydrogen) atoms. The Bertz CT molecular complexity index is 697. The Balaban J connectivity index is 1.55. The van der Waals surface area contributed by atoms with Crippen LogP contribution in [0, 0.1) is 0 Å². The molecule has 3 heterocycles. The van der Waals surface area contributed by atoms with Crippen LogP contribution in [0.15, 0.2) is 22.7 Å². The molecule has 0 N–H and O–H groups in total. The standard InChI is InChI=1S/C14H13N3O4/c18-14-17(4-6-20-14)8-12-15-13(16-21-12)10-1-2-11-9(7-10)3-5-19-11/h1-2,7H,3-6,8H2. The van der Waals surface area contributed by atoms with Crippen molar-refractivity contribution in [1.29, 1.82) is 0 Å². The molecular formula is C14H13N3O4. The van der Waals surface area contributed by atoms with Crippen molar-refractivity contribution >= 4 is 6.09 Å². The highest BCUT2D eigenvalue weighted by molar-refractivity contribution is 5.69. The van der Waals surface area contributed by atoms with Gasteiger partial charge in [-0.25, -0.2) is 4.79 Å². The molecule has 4 rings (SSSR count). The van der Waals surface area contributed by atoms with Crippen LogP contribution < -0.4 is 4.74 Å². The number of amides is 1. The fraction of sp³-hybridized carbons (Fsp3) is 0.357. The van der Waals surface area contributed by atoms with Crippen molar-refractivity contribution in [2.75, 3.05) is 19.8 Å². The maximum Gasteiger partial charge on any atom is 0.410 e. The van der Waals surface area contributed by atoms with Crippen molar-refractivity contribution in [1.82, 2.24) is 15.0 Å². The number of benzene rings is 1. The molecule has 7 nitrogen and oxygen atoms in total. The quantitative estimate of drug-likeness (QED) is 0.853. The summed E-state index contributed by atoms with van der Waals surface area (Å²) in [6, 6.07) is 5.84. The van der Waals surface area contributed by atoms with Gasteiger partial charge in [0.25, 0.3) is 0 Å². The number of ether oxygens (including phenoxy) is 2. The normalized spacial score (nSPS) is 16.8. The first-order valence-electron chi connectivity index (χ1n) is 6.80. The van der Waals surface area contributed by atoms with E-state index in [0.29, 0.717) is 31.5 Å². The predicted octanol–water partition coefficient (Wildman–Crippen LogP) is 1.62. The first-order valence-corrected chi connectivity index (χ1v) is 6.80. The van der Waals surface area contributed by atoms with E-state index in [4.69, 9.17) is 14.0 Å². The van der Waals surface area contributed by atoms with Crippen molar-refractivity contribution < 1.29 is 18.8 Å². The van der Waals surface area contributed by atoms with Crippen molar-refractivity contribution in [3.8, 4) is 17.1 Å². The van der Waals surface area contributed by atoms with E-state index in [9.17, 15) is 4.79 Å². The number of hydrogen-bond acceptors (Lipinski definition) is 6. The molecule has 0 saturated carbocycles. The van der Waals surface area contributed by atoms with Gasteiger partial charge in [0.1, 0.15) is 18.9 Å². The molecule has 7 heteroatoms. The summed E-state index contributed by atoms with van der Waals surface area (Å²) in [5.74, 6) is 1.84. The Labute approximate surface area is 120 Å². The van der Waals surface area contributed by atoms with Crippen LogP contribution >= 0.6 is 0 Å². The summed E-state index contributed by atoms with van der Waals surface area (Å²) < 4.78 is 15.5. The minimum Gasteiger partial charge on any atom is -0.493 e. The molecule has 108 valence electrons. The van der Waals surface area contributed by atoms with E-state index in [0.717, 1.165) is 23.3 Å². The fourth-order valence-corrected chi connectivity index (χ4v) is 2.49. The number of hydrogen-bond donors (Lipinski definition) is 0. The zero-order valence-electron chi connectivity index (χ0n) is 11.2. The average molecular weight is 287 g/mol.